The minimum absolute atomic E-state index is 0.254. The lowest BCUT2D eigenvalue weighted by Crippen LogP contribution is -2.47. The smallest absolute Gasteiger partial charge is 0.304 e. The van der Waals surface area contributed by atoms with Gasteiger partial charge in [0.05, 0.1) is 18.8 Å². The molecule has 0 atom stereocenters. The number of piperidine rings is 1. The number of halogens is 2. The second kappa shape index (κ2) is 6.67. The molecular formula is C13H18F2N2O3S. The van der Waals surface area contributed by atoms with Crippen molar-refractivity contribution in [2.45, 2.75) is 19.3 Å². The van der Waals surface area contributed by atoms with Gasteiger partial charge in [0.2, 0.25) is 0 Å². The fourth-order valence-corrected chi connectivity index (χ4v) is 4.08. The molecule has 1 aliphatic rings. The third-order valence-corrected chi connectivity index (χ3v) is 5.36. The van der Waals surface area contributed by atoms with Crippen LogP contribution in [0.3, 0.4) is 0 Å². The average Bonchev–Trinajstić information content (AvgIpc) is 2.46. The van der Waals surface area contributed by atoms with Crippen LogP contribution in [0.5, 0.6) is 0 Å². The molecule has 1 aromatic carbocycles. The molecule has 21 heavy (non-hydrogen) atoms. The third-order valence-electron chi connectivity index (χ3n) is 3.40. The van der Waals surface area contributed by atoms with Crippen molar-refractivity contribution in [3.8, 4) is 0 Å². The van der Waals surface area contributed by atoms with Gasteiger partial charge in [-0.3, -0.25) is 4.31 Å². The molecule has 1 N–H and O–H groups in total. The van der Waals surface area contributed by atoms with Crippen LogP contribution in [-0.4, -0.2) is 44.1 Å². The summed E-state index contributed by atoms with van der Waals surface area (Å²) in [6.07, 6.45) is 2.45. The van der Waals surface area contributed by atoms with Crippen LogP contribution in [0.15, 0.2) is 18.2 Å². The molecule has 1 saturated heterocycles. The highest BCUT2D eigenvalue weighted by Gasteiger charge is 2.32. The molecule has 0 saturated carbocycles. The SMILES string of the molecule is O=S(=O)(N1CCCCC1)N(CCO)c1ccc(F)cc1F. The number of rotatable bonds is 5. The van der Waals surface area contributed by atoms with E-state index in [2.05, 4.69) is 0 Å². The number of aliphatic hydroxyl groups excluding tert-OH is 1. The highest BCUT2D eigenvalue weighted by Crippen LogP contribution is 2.26. The van der Waals surface area contributed by atoms with Crippen LogP contribution in [0, 0.1) is 11.6 Å². The zero-order valence-corrected chi connectivity index (χ0v) is 12.3. The summed E-state index contributed by atoms with van der Waals surface area (Å²) >= 11 is 0. The molecule has 2 rings (SSSR count). The lowest BCUT2D eigenvalue weighted by atomic mass is 10.2. The number of nitrogens with zero attached hydrogens (tertiary/aromatic N) is 2. The molecule has 8 heteroatoms. The van der Waals surface area contributed by atoms with Gasteiger partial charge in [0.25, 0.3) is 0 Å². The monoisotopic (exact) mass is 320 g/mol. The molecule has 5 nitrogen and oxygen atoms in total. The summed E-state index contributed by atoms with van der Waals surface area (Å²) in [5, 5.41) is 9.08. The average molecular weight is 320 g/mol. The molecule has 0 spiro atoms. The van der Waals surface area contributed by atoms with E-state index >= 15 is 0 Å². The van der Waals surface area contributed by atoms with E-state index in [0.717, 1.165) is 35.7 Å². The topological polar surface area (TPSA) is 60.9 Å². The molecule has 1 heterocycles. The second-order valence-electron chi connectivity index (χ2n) is 4.86. The van der Waals surface area contributed by atoms with Crippen molar-refractivity contribution in [1.29, 1.82) is 0 Å². The molecule has 118 valence electrons. The van der Waals surface area contributed by atoms with Crippen LogP contribution < -0.4 is 4.31 Å². The Labute approximate surface area is 123 Å². The quantitative estimate of drug-likeness (QED) is 0.894. The van der Waals surface area contributed by atoms with Crippen molar-refractivity contribution in [1.82, 2.24) is 4.31 Å². The van der Waals surface area contributed by atoms with Gasteiger partial charge < -0.3 is 5.11 Å². The summed E-state index contributed by atoms with van der Waals surface area (Å²) in [6, 6.07) is 2.70. The van der Waals surface area contributed by atoms with Crippen LogP contribution in [0.1, 0.15) is 19.3 Å². The van der Waals surface area contributed by atoms with E-state index in [4.69, 9.17) is 5.11 Å². The standard InChI is InChI=1S/C13H18F2N2O3S/c14-11-4-5-13(12(15)10-11)17(8-9-18)21(19,20)16-6-2-1-3-7-16/h4-5,10,18H,1-3,6-9H2. The second-order valence-corrected chi connectivity index (χ2v) is 6.71. The number of hydrogen-bond donors (Lipinski definition) is 1. The Morgan fingerprint density at radius 1 is 1.19 bits per heavy atom. The Morgan fingerprint density at radius 3 is 2.43 bits per heavy atom. The fraction of sp³-hybridized carbons (Fsp3) is 0.538. The van der Waals surface area contributed by atoms with Crippen molar-refractivity contribution in [2.24, 2.45) is 0 Å². The van der Waals surface area contributed by atoms with E-state index in [0.29, 0.717) is 19.2 Å². The zero-order chi connectivity index (χ0) is 15.5. The molecule has 1 aliphatic heterocycles. The van der Waals surface area contributed by atoms with Gasteiger partial charge in [-0.2, -0.15) is 12.7 Å². The Bertz CT molecular complexity index is 589. The lowest BCUT2D eigenvalue weighted by molar-refractivity contribution is 0.302. The first-order valence-corrected chi connectivity index (χ1v) is 8.20. The van der Waals surface area contributed by atoms with Gasteiger partial charge in [-0.1, -0.05) is 6.42 Å². The molecule has 0 bridgehead atoms. The Balaban J connectivity index is 2.37. The molecule has 1 fully saturated rings. The molecular weight excluding hydrogens is 302 g/mol. The largest absolute Gasteiger partial charge is 0.394 e. The predicted octanol–water partition coefficient (Wildman–Crippen LogP) is 1.49. The third kappa shape index (κ3) is 3.50. The predicted molar refractivity (Wildman–Crippen MR) is 75.1 cm³/mol. The Hall–Kier alpha value is -1.25. The molecule has 0 aromatic heterocycles. The van der Waals surface area contributed by atoms with Crippen molar-refractivity contribution < 1.29 is 22.3 Å². The van der Waals surface area contributed by atoms with Gasteiger partial charge in [0.15, 0.2) is 0 Å². The van der Waals surface area contributed by atoms with Gasteiger partial charge >= 0.3 is 10.2 Å². The van der Waals surface area contributed by atoms with Crippen molar-refractivity contribution in [3.05, 3.63) is 29.8 Å². The summed E-state index contributed by atoms with van der Waals surface area (Å²) in [4.78, 5) is 0. The minimum atomic E-state index is -3.93. The summed E-state index contributed by atoms with van der Waals surface area (Å²) in [7, 11) is -3.93. The van der Waals surface area contributed by atoms with Crippen LogP contribution >= 0.6 is 0 Å². The molecule has 0 amide bonds. The van der Waals surface area contributed by atoms with Crippen molar-refractivity contribution >= 4 is 15.9 Å². The van der Waals surface area contributed by atoms with Gasteiger partial charge in [-0.25, -0.2) is 8.78 Å². The van der Waals surface area contributed by atoms with Gasteiger partial charge in [0.1, 0.15) is 11.6 Å². The van der Waals surface area contributed by atoms with E-state index in [1.165, 1.54) is 4.31 Å². The van der Waals surface area contributed by atoms with Crippen LogP contribution in [0.4, 0.5) is 14.5 Å². The summed E-state index contributed by atoms with van der Waals surface area (Å²) < 4.78 is 54.1. The normalized spacial score (nSPS) is 16.9. The van der Waals surface area contributed by atoms with E-state index in [-0.39, 0.29) is 12.2 Å². The maximum atomic E-state index is 13.9. The van der Waals surface area contributed by atoms with E-state index < -0.39 is 28.5 Å². The van der Waals surface area contributed by atoms with E-state index in [9.17, 15) is 17.2 Å². The number of hydrogen-bond acceptors (Lipinski definition) is 3. The number of anilines is 1. The summed E-state index contributed by atoms with van der Waals surface area (Å²) in [5.41, 5.74) is -0.254. The maximum absolute atomic E-state index is 13.9. The fourth-order valence-electron chi connectivity index (χ4n) is 2.37. The molecule has 0 aliphatic carbocycles. The number of benzene rings is 1. The van der Waals surface area contributed by atoms with Crippen LogP contribution in [-0.2, 0) is 10.2 Å². The van der Waals surface area contributed by atoms with Crippen LogP contribution in [0.2, 0.25) is 0 Å². The Morgan fingerprint density at radius 2 is 1.86 bits per heavy atom. The zero-order valence-electron chi connectivity index (χ0n) is 11.5. The molecule has 0 unspecified atom stereocenters. The molecule has 1 aromatic rings. The van der Waals surface area contributed by atoms with Crippen molar-refractivity contribution in [2.75, 3.05) is 30.5 Å². The first-order valence-electron chi connectivity index (χ1n) is 6.80. The van der Waals surface area contributed by atoms with Crippen molar-refractivity contribution in [3.63, 3.8) is 0 Å². The van der Waals surface area contributed by atoms with E-state index in [1.54, 1.807) is 0 Å². The highest BCUT2D eigenvalue weighted by atomic mass is 32.2. The summed E-state index contributed by atoms with van der Waals surface area (Å²) in [5.74, 6) is -1.75. The molecule has 0 radical (unpaired) electrons. The van der Waals surface area contributed by atoms with E-state index in [1.807, 2.05) is 0 Å². The highest BCUT2D eigenvalue weighted by molar-refractivity contribution is 7.90. The van der Waals surface area contributed by atoms with Gasteiger partial charge in [-0.05, 0) is 25.0 Å². The number of aliphatic hydroxyl groups is 1. The van der Waals surface area contributed by atoms with Gasteiger partial charge in [-0.15, -0.1) is 0 Å². The van der Waals surface area contributed by atoms with Crippen LogP contribution in [0.25, 0.3) is 0 Å². The lowest BCUT2D eigenvalue weighted by Gasteiger charge is -2.33. The van der Waals surface area contributed by atoms with Gasteiger partial charge in [0, 0.05) is 19.2 Å². The maximum Gasteiger partial charge on any atom is 0.304 e. The summed E-state index contributed by atoms with van der Waals surface area (Å²) in [6.45, 7) is 0.00538. The first kappa shape index (κ1) is 16.1. The Kier molecular flexibility index (Phi) is 5.13. The first-order chi connectivity index (χ1) is 9.96. The minimum Gasteiger partial charge on any atom is -0.394 e.